The number of rotatable bonds is 5. The lowest BCUT2D eigenvalue weighted by molar-refractivity contribution is -0.147. The highest BCUT2D eigenvalue weighted by molar-refractivity contribution is 5.91. The van der Waals surface area contributed by atoms with Gasteiger partial charge in [-0.1, -0.05) is 0 Å². The Morgan fingerprint density at radius 2 is 2.00 bits per heavy atom. The molecule has 0 bridgehead atoms. The fraction of sp³-hybridized carbons (Fsp3) is 0.500. The third-order valence-electron chi connectivity index (χ3n) is 2.63. The second-order valence-corrected chi connectivity index (χ2v) is 4.74. The molecule has 0 aliphatic heterocycles. The summed E-state index contributed by atoms with van der Waals surface area (Å²) in [7, 11) is 0. The molecule has 0 aromatic carbocycles. The molecule has 0 unspecified atom stereocenters. The molecule has 98 valence electrons. The lowest BCUT2D eigenvalue weighted by Gasteiger charge is -2.18. The first kappa shape index (κ1) is 14.1. The van der Waals surface area contributed by atoms with Crippen LogP contribution in [0.5, 0.6) is 0 Å². The molecule has 0 aliphatic carbocycles. The zero-order chi connectivity index (χ0) is 13.8. The van der Waals surface area contributed by atoms with Crippen LogP contribution < -0.4 is 5.32 Å². The number of aryl methyl sites for hydroxylation is 1. The number of carboxylic acids is 1. The van der Waals surface area contributed by atoms with Gasteiger partial charge in [0.2, 0.25) is 0 Å². The van der Waals surface area contributed by atoms with Crippen LogP contribution in [0.15, 0.2) is 12.4 Å². The highest BCUT2D eigenvalue weighted by Crippen LogP contribution is 2.19. The Balaban J connectivity index is 2.47. The summed E-state index contributed by atoms with van der Waals surface area (Å²) < 4.78 is 0. The van der Waals surface area contributed by atoms with Crippen molar-refractivity contribution in [2.45, 2.75) is 27.2 Å². The molecule has 18 heavy (non-hydrogen) atoms. The standard InChI is InChI=1S/C12H17N3O3/c1-8-6-15-9(7-14-8)10(16)13-5-4-12(2,3)11(17)18/h6-7H,4-5H2,1-3H3,(H,13,16)(H,17,18). The van der Waals surface area contributed by atoms with Crippen LogP contribution in [0, 0.1) is 12.3 Å². The first-order valence-electron chi connectivity index (χ1n) is 5.63. The van der Waals surface area contributed by atoms with Crippen LogP contribution in [0.3, 0.4) is 0 Å². The van der Waals surface area contributed by atoms with Crippen molar-refractivity contribution < 1.29 is 14.7 Å². The Hall–Kier alpha value is -1.98. The molecular formula is C12H17N3O3. The first-order chi connectivity index (χ1) is 8.33. The number of carbonyl (C=O) groups excluding carboxylic acids is 1. The van der Waals surface area contributed by atoms with Gasteiger partial charge in [-0.3, -0.25) is 14.6 Å². The minimum atomic E-state index is -0.883. The molecule has 1 amide bonds. The zero-order valence-corrected chi connectivity index (χ0v) is 10.7. The summed E-state index contributed by atoms with van der Waals surface area (Å²) in [4.78, 5) is 30.4. The molecule has 0 fully saturated rings. The molecule has 0 aliphatic rings. The summed E-state index contributed by atoms with van der Waals surface area (Å²) in [5, 5.41) is 11.5. The van der Waals surface area contributed by atoms with Crippen LogP contribution >= 0.6 is 0 Å². The number of carboxylic acid groups (broad SMARTS) is 1. The SMILES string of the molecule is Cc1cnc(C(=O)NCCC(C)(C)C(=O)O)cn1. The number of aromatic nitrogens is 2. The van der Waals surface area contributed by atoms with Crippen LogP contribution in [-0.4, -0.2) is 33.5 Å². The van der Waals surface area contributed by atoms with E-state index in [4.69, 9.17) is 5.11 Å². The van der Waals surface area contributed by atoms with Crippen molar-refractivity contribution in [3.05, 3.63) is 23.8 Å². The van der Waals surface area contributed by atoms with Crippen LogP contribution in [0.1, 0.15) is 36.5 Å². The van der Waals surface area contributed by atoms with Gasteiger partial charge in [-0.15, -0.1) is 0 Å². The van der Waals surface area contributed by atoms with Crippen molar-refractivity contribution in [1.29, 1.82) is 0 Å². The molecule has 1 heterocycles. The molecule has 6 heteroatoms. The number of amides is 1. The van der Waals surface area contributed by atoms with Crippen molar-refractivity contribution >= 4 is 11.9 Å². The van der Waals surface area contributed by atoms with Gasteiger partial charge < -0.3 is 10.4 Å². The second-order valence-electron chi connectivity index (χ2n) is 4.74. The predicted octanol–water partition coefficient (Wildman–Crippen LogP) is 1.02. The van der Waals surface area contributed by atoms with Gasteiger partial charge in [0.05, 0.1) is 17.3 Å². The van der Waals surface area contributed by atoms with E-state index in [1.165, 1.54) is 12.4 Å². The molecule has 1 aromatic rings. The molecule has 1 rings (SSSR count). The van der Waals surface area contributed by atoms with Gasteiger partial charge in [-0.25, -0.2) is 4.98 Å². The minimum absolute atomic E-state index is 0.230. The van der Waals surface area contributed by atoms with Crippen molar-refractivity contribution in [2.75, 3.05) is 6.54 Å². The number of aliphatic carboxylic acids is 1. The summed E-state index contributed by atoms with van der Waals surface area (Å²) in [6.07, 6.45) is 3.26. The van der Waals surface area contributed by atoms with Crippen molar-refractivity contribution in [2.24, 2.45) is 5.41 Å². The maximum Gasteiger partial charge on any atom is 0.309 e. The lowest BCUT2D eigenvalue weighted by Crippen LogP contribution is -2.32. The van der Waals surface area contributed by atoms with Gasteiger partial charge in [-0.05, 0) is 27.2 Å². The zero-order valence-electron chi connectivity index (χ0n) is 10.7. The Bertz CT molecular complexity index is 440. The fourth-order valence-corrected chi connectivity index (χ4v) is 1.20. The topological polar surface area (TPSA) is 92.2 Å². The molecule has 0 saturated carbocycles. The van der Waals surface area contributed by atoms with Crippen molar-refractivity contribution in [1.82, 2.24) is 15.3 Å². The third-order valence-corrected chi connectivity index (χ3v) is 2.63. The van der Waals surface area contributed by atoms with E-state index in [0.29, 0.717) is 6.42 Å². The molecule has 0 saturated heterocycles. The number of nitrogens with zero attached hydrogens (tertiary/aromatic N) is 2. The van der Waals surface area contributed by atoms with Gasteiger partial charge in [0, 0.05) is 12.7 Å². The van der Waals surface area contributed by atoms with E-state index in [1.807, 2.05) is 0 Å². The predicted molar refractivity (Wildman–Crippen MR) is 65.1 cm³/mol. The van der Waals surface area contributed by atoms with E-state index >= 15 is 0 Å². The second kappa shape index (κ2) is 5.57. The van der Waals surface area contributed by atoms with Crippen molar-refractivity contribution in [3.63, 3.8) is 0 Å². The first-order valence-corrected chi connectivity index (χ1v) is 5.63. The molecule has 0 atom stereocenters. The van der Waals surface area contributed by atoms with E-state index in [-0.39, 0.29) is 18.1 Å². The molecule has 1 aromatic heterocycles. The summed E-state index contributed by atoms with van der Waals surface area (Å²) in [5.41, 5.74) is 0.110. The van der Waals surface area contributed by atoms with Gasteiger partial charge >= 0.3 is 5.97 Å². The Morgan fingerprint density at radius 3 is 2.50 bits per heavy atom. The van der Waals surface area contributed by atoms with Gasteiger partial charge in [0.15, 0.2) is 0 Å². The highest BCUT2D eigenvalue weighted by atomic mass is 16.4. The van der Waals surface area contributed by atoms with Crippen LogP contribution in [0.2, 0.25) is 0 Å². The normalized spacial score (nSPS) is 11.1. The smallest absolute Gasteiger partial charge is 0.309 e. The van der Waals surface area contributed by atoms with E-state index in [9.17, 15) is 9.59 Å². The number of nitrogens with one attached hydrogen (secondary N) is 1. The summed E-state index contributed by atoms with van der Waals surface area (Å²) in [5.74, 6) is -1.23. The number of hydrogen-bond donors (Lipinski definition) is 2. The van der Waals surface area contributed by atoms with E-state index in [0.717, 1.165) is 5.69 Å². The number of carbonyl (C=O) groups is 2. The highest BCUT2D eigenvalue weighted by Gasteiger charge is 2.26. The monoisotopic (exact) mass is 251 g/mol. The van der Waals surface area contributed by atoms with Crippen LogP contribution in [0.25, 0.3) is 0 Å². The van der Waals surface area contributed by atoms with Gasteiger partial charge in [0.25, 0.3) is 5.91 Å². The Morgan fingerprint density at radius 1 is 1.33 bits per heavy atom. The van der Waals surface area contributed by atoms with E-state index < -0.39 is 11.4 Å². The Kier molecular flexibility index (Phi) is 4.36. The number of hydrogen-bond acceptors (Lipinski definition) is 4. The largest absolute Gasteiger partial charge is 0.481 e. The quantitative estimate of drug-likeness (QED) is 0.815. The van der Waals surface area contributed by atoms with Gasteiger partial charge in [-0.2, -0.15) is 0 Å². The fourth-order valence-electron chi connectivity index (χ4n) is 1.20. The Labute approximate surface area is 105 Å². The van der Waals surface area contributed by atoms with E-state index in [2.05, 4.69) is 15.3 Å². The van der Waals surface area contributed by atoms with Crippen LogP contribution in [0.4, 0.5) is 0 Å². The summed E-state index contributed by atoms with van der Waals surface area (Å²) in [6, 6.07) is 0. The third kappa shape index (κ3) is 3.80. The summed E-state index contributed by atoms with van der Waals surface area (Å²) in [6.45, 7) is 5.30. The maximum atomic E-state index is 11.7. The lowest BCUT2D eigenvalue weighted by atomic mass is 9.90. The molecular weight excluding hydrogens is 234 g/mol. The molecule has 0 radical (unpaired) electrons. The molecule has 0 spiro atoms. The minimum Gasteiger partial charge on any atom is -0.481 e. The van der Waals surface area contributed by atoms with Gasteiger partial charge in [0.1, 0.15) is 5.69 Å². The summed E-state index contributed by atoms with van der Waals surface area (Å²) >= 11 is 0. The molecule has 2 N–H and O–H groups in total. The van der Waals surface area contributed by atoms with Crippen molar-refractivity contribution in [3.8, 4) is 0 Å². The van der Waals surface area contributed by atoms with E-state index in [1.54, 1.807) is 20.8 Å². The average Bonchev–Trinajstić information content (AvgIpc) is 2.29. The average molecular weight is 251 g/mol. The van der Waals surface area contributed by atoms with Crippen LogP contribution in [-0.2, 0) is 4.79 Å². The maximum absolute atomic E-state index is 11.7. The molecule has 6 nitrogen and oxygen atoms in total.